The molecule has 0 saturated carbocycles. The molecule has 1 N–H and O–H groups in total. The van der Waals surface area contributed by atoms with Gasteiger partial charge in [-0.3, -0.25) is 14.0 Å². The van der Waals surface area contributed by atoms with Crippen LogP contribution in [0.1, 0.15) is 37.1 Å². The predicted molar refractivity (Wildman–Crippen MR) is 97.4 cm³/mol. The summed E-state index contributed by atoms with van der Waals surface area (Å²) in [4.78, 5) is 20.0. The van der Waals surface area contributed by atoms with Crippen molar-refractivity contribution in [1.82, 2.24) is 19.3 Å². The molecule has 3 heterocycles. The Bertz CT molecular complexity index is 952. The molecule has 6 nitrogen and oxygen atoms in total. The molecule has 0 radical (unpaired) electrons. The molecule has 0 aromatic carbocycles. The van der Waals surface area contributed by atoms with Crippen molar-refractivity contribution in [2.24, 2.45) is 0 Å². The van der Waals surface area contributed by atoms with Crippen molar-refractivity contribution in [1.29, 1.82) is 0 Å². The Morgan fingerprint density at radius 2 is 2.08 bits per heavy atom. The number of thiophene rings is 1. The van der Waals surface area contributed by atoms with E-state index in [2.05, 4.69) is 10.4 Å². The van der Waals surface area contributed by atoms with Crippen LogP contribution in [0.2, 0.25) is 0 Å². The Labute approximate surface area is 144 Å². The first-order chi connectivity index (χ1) is 11.7. The number of aryl methyl sites for hydroxylation is 3. The van der Waals surface area contributed by atoms with Crippen molar-refractivity contribution in [2.45, 2.75) is 52.6 Å². The fraction of sp³-hybridized carbons (Fsp3) is 0.471. The van der Waals surface area contributed by atoms with Crippen molar-refractivity contribution in [3.05, 3.63) is 33.2 Å². The summed E-state index contributed by atoms with van der Waals surface area (Å²) in [7, 11) is 0. The largest absolute Gasteiger partial charge is 0.323 e. The fourth-order valence-electron chi connectivity index (χ4n) is 3.36. The van der Waals surface area contributed by atoms with Crippen molar-refractivity contribution in [3.63, 3.8) is 0 Å². The van der Waals surface area contributed by atoms with Crippen molar-refractivity contribution >= 4 is 33.2 Å². The minimum atomic E-state index is 0.0762. The summed E-state index contributed by atoms with van der Waals surface area (Å²) in [5.41, 5.74) is 2.17. The standard InChI is InChI=1S/C17H21N5OS/c1-3-21-10-11(9-18-21)19-17-20-15-14(16(23)22(17)4-2)12-7-5-6-8-13(12)24-15/h9-10H,3-8H2,1-2H3,(H,19,20). The number of aromatic nitrogens is 4. The first-order valence-electron chi connectivity index (χ1n) is 8.55. The van der Waals surface area contributed by atoms with Gasteiger partial charge in [-0.25, -0.2) is 4.98 Å². The third-order valence-electron chi connectivity index (χ3n) is 4.60. The van der Waals surface area contributed by atoms with Crippen LogP contribution in [-0.4, -0.2) is 19.3 Å². The number of rotatable bonds is 4. The summed E-state index contributed by atoms with van der Waals surface area (Å²) in [5, 5.41) is 8.37. The Hall–Kier alpha value is -2.15. The lowest BCUT2D eigenvalue weighted by atomic mass is 9.97. The van der Waals surface area contributed by atoms with Crippen molar-refractivity contribution in [2.75, 3.05) is 5.32 Å². The number of hydrogen-bond acceptors (Lipinski definition) is 5. The van der Waals surface area contributed by atoms with Crippen molar-refractivity contribution in [3.8, 4) is 0 Å². The highest BCUT2D eigenvalue weighted by molar-refractivity contribution is 7.18. The maximum absolute atomic E-state index is 13.0. The minimum Gasteiger partial charge on any atom is -0.323 e. The second-order valence-corrected chi connectivity index (χ2v) is 7.17. The molecule has 1 aliphatic rings. The third-order valence-corrected chi connectivity index (χ3v) is 5.79. The summed E-state index contributed by atoms with van der Waals surface area (Å²) in [6, 6.07) is 0. The average Bonchev–Trinajstić information content (AvgIpc) is 3.19. The molecule has 1 aliphatic carbocycles. The molecule has 3 aromatic heterocycles. The van der Waals surface area contributed by atoms with Gasteiger partial charge in [0.15, 0.2) is 0 Å². The van der Waals surface area contributed by atoms with Crippen LogP contribution in [0.25, 0.3) is 10.2 Å². The highest BCUT2D eigenvalue weighted by Gasteiger charge is 2.21. The molecule has 0 fully saturated rings. The minimum absolute atomic E-state index is 0.0762. The zero-order valence-corrected chi connectivity index (χ0v) is 14.8. The molecular weight excluding hydrogens is 322 g/mol. The normalized spacial score (nSPS) is 14.1. The van der Waals surface area contributed by atoms with Gasteiger partial charge in [0.1, 0.15) is 4.83 Å². The summed E-state index contributed by atoms with van der Waals surface area (Å²) in [6.07, 6.45) is 8.15. The zero-order valence-electron chi connectivity index (χ0n) is 14.0. The average molecular weight is 343 g/mol. The van der Waals surface area contributed by atoms with Crippen molar-refractivity contribution < 1.29 is 0 Å². The monoisotopic (exact) mass is 343 g/mol. The molecule has 126 valence electrons. The van der Waals surface area contributed by atoms with Gasteiger partial charge in [0.2, 0.25) is 5.95 Å². The molecule has 7 heteroatoms. The lowest BCUT2D eigenvalue weighted by Crippen LogP contribution is -2.23. The first kappa shape index (κ1) is 15.4. The lowest BCUT2D eigenvalue weighted by Gasteiger charge is -2.12. The maximum atomic E-state index is 13.0. The molecule has 4 rings (SSSR count). The zero-order chi connectivity index (χ0) is 16.7. The third kappa shape index (κ3) is 2.43. The van der Waals surface area contributed by atoms with Gasteiger partial charge >= 0.3 is 0 Å². The van der Waals surface area contributed by atoms with E-state index in [-0.39, 0.29) is 5.56 Å². The SMILES string of the molecule is CCn1cc(Nc2nc3sc4c(c3c(=O)n2CC)CCCC4)cn1. The van der Waals surface area contributed by atoms with E-state index in [9.17, 15) is 4.79 Å². The maximum Gasteiger partial charge on any atom is 0.263 e. The van der Waals surface area contributed by atoms with E-state index in [0.29, 0.717) is 12.5 Å². The summed E-state index contributed by atoms with van der Waals surface area (Å²) >= 11 is 1.68. The molecule has 0 saturated heterocycles. The van der Waals surface area contributed by atoms with Crippen LogP contribution in [0.3, 0.4) is 0 Å². The Kier molecular flexibility index (Phi) is 3.88. The van der Waals surface area contributed by atoms with Crippen LogP contribution in [0.4, 0.5) is 11.6 Å². The number of fused-ring (bicyclic) bond motifs is 3. The molecule has 0 bridgehead atoms. The molecule has 0 unspecified atom stereocenters. The van der Waals surface area contributed by atoms with Crippen LogP contribution in [-0.2, 0) is 25.9 Å². The first-order valence-corrected chi connectivity index (χ1v) is 9.37. The van der Waals surface area contributed by atoms with Gasteiger partial charge < -0.3 is 5.32 Å². The summed E-state index contributed by atoms with van der Waals surface area (Å²) in [6.45, 7) is 5.43. The van der Waals surface area contributed by atoms with Crippen LogP contribution < -0.4 is 10.9 Å². The van der Waals surface area contributed by atoms with Crippen LogP contribution in [0.15, 0.2) is 17.2 Å². The van der Waals surface area contributed by atoms with E-state index < -0.39 is 0 Å². The number of anilines is 2. The van der Waals surface area contributed by atoms with E-state index in [1.807, 2.05) is 24.7 Å². The number of nitrogens with one attached hydrogen (secondary N) is 1. The van der Waals surface area contributed by atoms with Gasteiger partial charge in [-0.15, -0.1) is 11.3 Å². The Morgan fingerprint density at radius 3 is 2.83 bits per heavy atom. The van der Waals surface area contributed by atoms with Gasteiger partial charge in [0.05, 0.1) is 17.3 Å². The highest BCUT2D eigenvalue weighted by Crippen LogP contribution is 2.34. The van der Waals surface area contributed by atoms with E-state index in [4.69, 9.17) is 4.98 Å². The molecular formula is C17H21N5OS. The smallest absolute Gasteiger partial charge is 0.263 e. The number of hydrogen-bond donors (Lipinski definition) is 1. The second kappa shape index (κ2) is 6.05. The summed E-state index contributed by atoms with van der Waals surface area (Å²) < 4.78 is 3.58. The Morgan fingerprint density at radius 1 is 1.25 bits per heavy atom. The highest BCUT2D eigenvalue weighted by atomic mass is 32.1. The predicted octanol–water partition coefficient (Wildman–Crippen LogP) is 3.32. The van der Waals surface area contributed by atoms with E-state index in [0.717, 1.165) is 35.3 Å². The topological polar surface area (TPSA) is 64.7 Å². The molecule has 0 amide bonds. The van der Waals surface area contributed by atoms with Gasteiger partial charge in [-0.05, 0) is 45.1 Å². The molecule has 0 spiro atoms. The van der Waals surface area contributed by atoms with Crippen LogP contribution >= 0.6 is 11.3 Å². The fourth-order valence-corrected chi connectivity index (χ4v) is 4.61. The molecule has 3 aromatic rings. The summed E-state index contributed by atoms with van der Waals surface area (Å²) in [5.74, 6) is 0.601. The number of nitrogens with zero attached hydrogens (tertiary/aromatic N) is 4. The lowest BCUT2D eigenvalue weighted by molar-refractivity contribution is 0.660. The quantitative estimate of drug-likeness (QED) is 0.789. The van der Waals surface area contributed by atoms with Gasteiger partial charge in [0.25, 0.3) is 5.56 Å². The molecule has 0 atom stereocenters. The molecule has 24 heavy (non-hydrogen) atoms. The van der Waals surface area contributed by atoms with Gasteiger partial charge in [-0.1, -0.05) is 0 Å². The van der Waals surface area contributed by atoms with Crippen LogP contribution in [0.5, 0.6) is 0 Å². The Balaban J connectivity index is 1.84. The van der Waals surface area contributed by atoms with Crippen LogP contribution in [0, 0.1) is 0 Å². The molecule has 0 aliphatic heterocycles. The van der Waals surface area contributed by atoms with Gasteiger partial charge in [0, 0.05) is 24.2 Å². The van der Waals surface area contributed by atoms with E-state index in [1.54, 1.807) is 22.1 Å². The van der Waals surface area contributed by atoms with E-state index in [1.165, 1.54) is 23.3 Å². The second-order valence-electron chi connectivity index (χ2n) is 6.09. The van der Waals surface area contributed by atoms with Gasteiger partial charge in [-0.2, -0.15) is 5.10 Å². The van der Waals surface area contributed by atoms with E-state index >= 15 is 0 Å².